The summed E-state index contributed by atoms with van der Waals surface area (Å²) in [5, 5.41) is 0. The molecule has 2 heterocycles. The number of ether oxygens (including phenoxy) is 2. The molecule has 24 heavy (non-hydrogen) atoms. The van der Waals surface area contributed by atoms with Gasteiger partial charge >= 0.3 is 0 Å². The van der Waals surface area contributed by atoms with Crippen LogP contribution in [-0.4, -0.2) is 26.6 Å². The molecule has 1 N–H and O–H groups in total. The molecule has 0 amide bonds. The Labute approximate surface area is 138 Å². The summed E-state index contributed by atoms with van der Waals surface area (Å²) in [6, 6.07) is 9.46. The molecule has 0 spiro atoms. The third-order valence-electron chi connectivity index (χ3n) is 3.57. The summed E-state index contributed by atoms with van der Waals surface area (Å²) in [4.78, 5) is 4.27. The minimum Gasteiger partial charge on any atom is -0.486 e. The lowest BCUT2D eigenvalue weighted by atomic mass is 10.3. The number of rotatable bonds is 3. The fourth-order valence-electron chi connectivity index (χ4n) is 2.51. The lowest BCUT2D eigenvalue weighted by molar-refractivity contribution is 0.171. The molecule has 0 bridgehead atoms. The first-order valence-corrected chi connectivity index (χ1v) is 8.79. The lowest BCUT2D eigenvalue weighted by Gasteiger charge is -2.19. The zero-order chi connectivity index (χ0) is 16.7. The van der Waals surface area contributed by atoms with Gasteiger partial charge in [-0.05, 0) is 30.3 Å². The van der Waals surface area contributed by atoms with Gasteiger partial charge in [0.15, 0.2) is 23.0 Å². The summed E-state index contributed by atoms with van der Waals surface area (Å²) in [6.07, 6.45) is 0. The third-order valence-corrected chi connectivity index (χ3v) is 4.95. The van der Waals surface area contributed by atoms with Gasteiger partial charge in [0, 0.05) is 13.0 Å². The van der Waals surface area contributed by atoms with Crippen molar-refractivity contribution < 1.29 is 22.3 Å². The van der Waals surface area contributed by atoms with Crippen molar-refractivity contribution in [1.82, 2.24) is 4.98 Å². The Morgan fingerprint density at radius 3 is 2.67 bits per heavy atom. The molecule has 1 aliphatic rings. The quantitative estimate of drug-likeness (QED) is 0.784. The summed E-state index contributed by atoms with van der Waals surface area (Å²) in [5.74, 6) is 1.60. The molecule has 124 valence electrons. The van der Waals surface area contributed by atoms with Crippen molar-refractivity contribution in [1.29, 1.82) is 0 Å². The van der Waals surface area contributed by atoms with Crippen molar-refractivity contribution >= 4 is 26.8 Å². The minimum absolute atomic E-state index is 0.109. The largest absolute Gasteiger partial charge is 0.486 e. The van der Waals surface area contributed by atoms with E-state index in [0.29, 0.717) is 47.4 Å². The molecule has 0 fully saturated rings. The molecule has 4 rings (SSSR count). The summed E-state index contributed by atoms with van der Waals surface area (Å²) in [7, 11) is -3.75. The van der Waals surface area contributed by atoms with E-state index in [1.165, 1.54) is 12.1 Å². The molecule has 1 aliphatic heterocycles. The molecule has 0 unspecified atom stereocenters. The Balaban J connectivity index is 1.66. The maximum atomic E-state index is 12.6. The number of fused-ring (bicyclic) bond motifs is 2. The number of nitrogens with one attached hydrogen (secondary N) is 1. The first-order valence-electron chi connectivity index (χ1n) is 7.31. The standard InChI is InChI=1S/C16H14N2O5S/c1-10-17-13-9-12(3-5-14(13)23-10)24(19,20)18-11-2-4-15-16(8-11)22-7-6-21-15/h2-5,8-9,18H,6-7H2,1H3. The summed E-state index contributed by atoms with van der Waals surface area (Å²) in [6.45, 7) is 2.63. The molecule has 8 heteroatoms. The van der Waals surface area contributed by atoms with Crippen LogP contribution in [0.25, 0.3) is 11.1 Å². The minimum atomic E-state index is -3.75. The van der Waals surface area contributed by atoms with E-state index in [1.807, 2.05) is 0 Å². The summed E-state index contributed by atoms with van der Waals surface area (Å²) in [5.41, 5.74) is 1.44. The lowest BCUT2D eigenvalue weighted by Crippen LogP contribution is -2.16. The van der Waals surface area contributed by atoms with Crippen LogP contribution in [0.5, 0.6) is 11.5 Å². The van der Waals surface area contributed by atoms with Crippen molar-refractivity contribution in [2.24, 2.45) is 0 Å². The number of aryl methyl sites for hydroxylation is 1. The van der Waals surface area contributed by atoms with Crippen LogP contribution in [0.2, 0.25) is 0 Å². The van der Waals surface area contributed by atoms with Crippen LogP contribution < -0.4 is 14.2 Å². The van der Waals surface area contributed by atoms with E-state index in [4.69, 9.17) is 13.9 Å². The Kier molecular flexibility index (Phi) is 3.34. The van der Waals surface area contributed by atoms with E-state index in [-0.39, 0.29) is 4.90 Å². The highest BCUT2D eigenvalue weighted by Gasteiger charge is 2.18. The molecular formula is C16H14N2O5S. The number of hydrogen-bond acceptors (Lipinski definition) is 6. The third kappa shape index (κ3) is 2.65. The maximum absolute atomic E-state index is 12.6. The van der Waals surface area contributed by atoms with Gasteiger partial charge in [0.25, 0.3) is 10.0 Å². The predicted octanol–water partition coefficient (Wildman–Crippen LogP) is 2.71. The van der Waals surface area contributed by atoms with Crippen molar-refractivity contribution in [3.05, 3.63) is 42.3 Å². The Hall–Kier alpha value is -2.74. The van der Waals surface area contributed by atoms with Crippen molar-refractivity contribution in [2.75, 3.05) is 17.9 Å². The Morgan fingerprint density at radius 2 is 1.83 bits per heavy atom. The predicted molar refractivity (Wildman–Crippen MR) is 87.0 cm³/mol. The average molecular weight is 346 g/mol. The van der Waals surface area contributed by atoms with Gasteiger partial charge in [0.05, 0.1) is 10.6 Å². The van der Waals surface area contributed by atoms with Crippen LogP contribution >= 0.6 is 0 Å². The van der Waals surface area contributed by atoms with E-state index in [2.05, 4.69) is 9.71 Å². The zero-order valence-electron chi connectivity index (χ0n) is 12.8. The van der Waals surface area contributed by atoms with E-state index in [1.54, 1.807) is 31.2 Å². The topological polar surface area (TPSA) is 90.7 Å². The van der Waals surface area contributed by atoms with Gasteiger partial charge < -0.3 is 13.9 Å². The maximum Gasteiger partial charge on any atom is 0.261 e. The number of hydrogen-bond donors (Lipinski definition) is 1. The van der Waals surface area contributed by atoms with Crippen molar-refractivity contribution in [3.63, 3.8) is 0 Å². The van der Waals surface area contributed by atoms with Crippen LogP contribution in [0.4, 0.5) is 5.69 Å². The van der Waals surface area contributed by atoms with Gasteiger partial charge in [-0.25, -0.2) is 13.4 Å². The number of benzene rings is 2. The number of anilines is 1. The van der Waals surface area contributed by atoms with Crippen LogP contribution in [0.15, 0.2) is 45.7 Å². The van der Waals surface area contributed by atoms with Crippen LogP contribution in [0.3, 0.4) is 0 Å². The van der Waals surface area contributed by atoms with Gasteiger partial charge in [-0.3, -0.25) is 4.72 Å². The number of nitrogens with zero attached hydrogens (tertiary/aromatic N) is 1. The van der Waals surface area contributed by atoms with Gasteiger partial charge in [0.2, 0.25) is 0 Å². The molecule has 0 saturated heterocycles. The monoisotopic (exact) mass is 346 g/mol. The SMILES string of the molecule is Cc1nc2cc(S(=O)(=O)Nc3ccc4c(c3)OCCO4)ccc2o1. The van der Waals surface area contributed by atoms with E-state index in [9.17, 15) is 8.42 Å². The van der Waals surface area contributed by atoms with E-state index >= 15 is 0 Å². The molecule has 2 aromatic carbocycles. The van der Waals surface area contributed by atoms with Gasteiger partial charge in [-0.1, -0.05) is 0 Å². The Morgan fingerprint density at radius 1 is 1.04 bits per heavy atom. The Bertz CT molecular complexity index is 1030. The summed E-state index contributed by atoms with van der Waals surface area (Å²) < 4.78 is 43.9. The van der Waals surface area contributed by atoms with Gasteiger partial charge in [-0.2, -0.15) is 0 Å². The van der Waals surface area contributed by atoms with Crippen molar-refractivity contribution in [3.8, 4) is 11.5 Å². The smallest absolute Gasteiger partial charge is 0.261 e. The van der Waals surface area contributed by atoms with Crippen LogP contribution in [-0.2, 0) is 10.0 Å². The molecule has 7 nitrogen and oxygen atoms in total. The first-order chi connectivity index (χ1) is 11.5. The second-order valence-corrected chi connectivity index (χ2v) is 7.01. The molecule has 3 aromatic rings. The summed E-state index contributed by atoms with van der Waals surface area (Å²) >= 11 is 0. The number of sulfonamides is 1. The second kappa shape index (κ2) is 5.41. The van der Waals surface area contributed by atoms with Crippen LogP contribution in [0, 0.1) is 6.92 Å². The zero-order valence-corrected chi connectivity index (χ0v) is 13.6. The number of oxazole rings is 1. The van der Waals surface area contributed by atoms with E-state index in [0.717, 1.165) is 0 Å². The molecule has 0 radical (unpaired) electrons. The highest BCUT2D eigenvalue weighted by molar-refractivity contribution is 7.92. The highest BCUT2D eigenvalue weighted by atomic mass is 32.2. The number of aromatic nitrogens is 1. The van der Waals surface area contributed by atoms with Crippen molar-refractivity contribution in [2.45, 2.75) is 11.8 Å². The molecule has 0 saturated carbocycles. The fraction of sp³-hybridized carbons (Fsp3) is 0.188. The molecular weight excluding hydrogens is 332 g/mol. The van der Waals surface area contributed by atoms with Gasteiger partial charge in [-0.15, -0.1) is 0 Å². The average Bonchev–Trinajstić information content (AvgIpc) is 2.93. The van der Waals surface area contributed by atoms with Gasteiger partial charge in [0.1, 0.15) is 18.7 Å². The molecule has 1 aromatic heterocycles. The highest BCUT2D eigenvalue weighted by Crippen LogP contribution is 2.33. The second-order valence-electron chi connectivity index (χ2n) is 5.33. The first kappa shape index (κ1) is 14.8. The fourth-order valence-corrected chi connectivity index (χ4v) is 3.58. The van der Waals surface area contributed by atoms with Crippen LogP contribution in [0.1, 0.15) is 5.89 Å². The van der Waals surface area contributed by atoms with E-state index < -0.39 is 10.0 Å². The molecule has 0 atom stereocenters. The molecule has 0 aliphatic carbocycles. The normalized spacial score (nSPS) is 13.9.